The molecule has 0 aromatic heterocycles. The number of amides is 2. The lowest BCUT2D eigenvalue weighted by molar-refractivity contribution is -0.122. The molecule has 0 bridgehead atoms. The van der Waals surface area contributed by atoms with Crippen molar-refractivity contribution in [3.63, 3.8) is 0 Å². The standard InChI is InChI=1S/C20H22BrN3O4S/c1-3-29(27,28)23-16-6-4-15(5-7-16)22-20(26)14-11-19(25)24(12-14)17-8-9-18(21)13(2)10-17/h4-10,14,23H,3,11-12H2,1-2H3,(H,22,26). The Kier molecular flexibility index (Phi) is 6.28. The van der Waals surface area contributed by atoms with Crippen LogP contribution in [0.4, 0.5) is 17.1 Å². The van der Waals surface area contributed by atoms with Crippen molar-refractivity contribution in [3.8, 4) is 0 Å². The molecule has 7 nitrogen and oxygen atoms in total. The van der Waals surface area contributed by atoms with Crippen LogP contribution in [0.15, 0.2) is 46.9 Å². The minimum absolute atomic E-state index is 0.0183. The van der Waals surface area contributed by atoms with Crippen LogP contribution >= 0.6 is 15.9 Å². The molecule has 0 radical (unpaired) electrons. The number of nitrogens with one attached hydrogen (secondary N) is 2. The minimum Gasteiger partial charge on any atom is -0.326 e. The van der Waals surface area contributed by atoms with E-state index in [1.54, 1.807) is 36.1 Å². The summed E-state index contributed by atoms with van der Waals surface area (Å²) in [7, 11) is -3.35. The van der Waals surface area contributed by atoms with Gasteiger partial charge in [0.25, 0.3) is 0 Å². The molecule has 0 saturated carbocycles. The topological polar surface area (TPSA) is 95.6 Å². The number of hydrogen-bond donors (Lipinski definition) is 2. The SMILES string of the molecule is CCS(=O)(=O)Nc1ccc(NC(=O)C2CC(=O)N(c3ccc(Br)c(C)c3)C2)cc1. The highest BCUT2D eigenvalue weighted by Crippen LogP contribution is 2.29. The second-order valence-electron chi connectivity index (χ2n) is 6.91. The highest BCUT2D eigenvalue weighted by Gasteiger charge is 2.35. The molecule has 29 heavy (non-hydrogen) atoms. The summed E-state index contributed by atoms with van der Waals surface area (Å²) < 4.78 is 26.6. The van der Waals surface area contributed by atoms with E-state index >= 15 is 0 Å². The molecule has 1 heterocycles. The van der Waals surface area contributed by atoms with Gasteiger partial charge in [-0.15, -0.1) is 0 Å². The van der Waals surface area contributed by atoms with Crippen molar-refractivity contribution in [1.82, 2.24) is 0 Å². The molecule has 0 spiro atoms. The Hall–Kier alpha value is -2.39. The predicted molar refractivity (Wildman–Crippen MR) is 117 cm³/mol. The summed E-state index contributed by atoms with van der Waals surface area (Å²) in [6.07, 6.45) is 0.148. The van der Waals surface area contributed by atoms with Crippen molar-refractivity contribution in [2.45, 2.75) is 20.3 Å². The summed E-state index contributed by atoms with van der Waals surface area (Å²) in [6.45, 7) is 3.82. The molecule has 1 saturated heterocycles. The Bertz CT molecular complexity index is 1040. The van der Waals surface area contributed by atoms with E-state index in [1.165, 1.54) is 0 Å². The zero-order valence-electron chi connectivity index (χ0n) is 16.1. The number of halogens is 1. The van der Waals surface area contributed by atoms with E-state index in [9.17, 15) is 18.0 Å². The van der Waals surface area contributed by atoms with Crippen molar-refractivity contribution in [1.29, 1.82) is 0 Å². The van der Waals surface area contributed by atoms with Gasteiger partial charge < -0.3 is 10.2 Å². The van der Waals surface area contributed by atoms with E-state index in [0.717, 1.165) is 15.7 Å². The van der Waals surface area contributed by atoms with Crippen LogP contribution in [0.5, 0.6) is 0 Å². The summed E-state index contributed by atoms with van der Waals surface area (Å²) in [5.41, 5.74) is 2.76. The quantitative estimate of drug-likeness (QED) is 0.662. The molecule has 1 fully saturated rings. The molecule has 0 aliphatic carbocycles. The Labute approximate surface area is 178 Å². The van der Waals surface area contributed by atoms with Crippen LogP contribution in [-0.2, 0) is 19.6 Å². The lowest BCUT2D eigenvalue weighted by Crippen LogP contribution is -2.28. The third-order valence-electron chi connectivity index (χ3n) is 4.75. The number of anilines is 3. The van der Waals surface area contributed by atoms with Crippen LogP contribution in [0.2, 0.25) is 0 Å². The molecule has 9 heteroatoms. The number of nitrogens with zero attached hydrogens (tertiary/aromatic N) is 1. The average molecular weight is 480 g/mol. The monoisotopic (exact) mass is 479 g/mol. The van der Waals surface area contributed by atoms with Crippen molar-refractivity contribution in [3.05, 3.63) is 52.5 Å². The fourth-order valence-corrected chi connectivity index (χ4v) is 3.93. The number of benzene rings is 2. The van der Waals surface area contributed by atoms with Crippen LogP contribution in [0.1, 0.15) is 18.9 Å². The van der Waals surface area contributed by atoms with Gasteiger partial charge in [0.2, 0.25) is 21.8 Å². The van der Waals surface area contributed by atoms with Crippen molar-refractivity contribution in [2.75, 3.05) is 27.2 Å². The van der Waals surface area contributed by atoms with Crippen molar-refractivity contribution in [2.24, 2.45) is 5.92 Å². The summed E-state index contributed by atoms with van der Waals surface area (Å²) >= 11 is 3.44. The van der Waals surface area contributed by atoms with Gasteiger partial charge in [0, 0.05) is 34.5 Å². The van der Waals surface area contributed by atoms with Crippen LogP contribution in [-0.4, -0.2) is 32.5 Å². The zero-order chi connectivity index (χ0) is 21.2. The predicted octanol–water partition coefficient (Wildman–Crippen LogP) is 3.51. The fourth-order valence-electron chi connectivity index (χ4n) is 3.05. The van der Waals surface area contributed by atoms with Crippen LogP contribution in [0.25, 0.3) is 0 Å². The summed E-state index contributed by atoms with van der Waals surface area (Å²) in [5, 5.41) is 2.80. The average Bonchev–Trinajstić information content (AvgIpc) is 3.07. The van der Waals surface area contributed by atoms with Gasteiger partial charge >= 0.3 is 0 Å². The van der Waals surface area contributed by atoms with E-state index in [-0.39, 0.29) is 24.0 Å². The van der Waals surface area contributed by atoms with Gasteiger partial charge in [-0.05, 0) is 61.9 Å². The lowest BCUT2D eigenvalue weighted by Gasteiger charge is -2.18. The lowest BCUT2D eigenvalue weighted by atomic mass is 10.1. The van der Waals surface area contributed by atoms with E-state index in [0.29, 0.717) is 17.9 Å². The number of hydrogen-bond acceptors (Lipinski definition) is 4. The Morgan fingerprint density at radius 3 is 2.45 bits per heavy atom. The Morgan fingerprint density at radius 1 is 1.17 bits per heavy atom. The highest BCUT2D eigenvalue weighted by molar-refractivity contribution is 9.10. The van der Waals surface area contributed by atoms with Crippen LogP contribution < -0.4 is 14.9 Å². The van der Waals surface area contributed by atoms with E-state index in [1.807, 2.05) is 25.1 Å². The summed E-state index contributed by atoms with van der Waals surface area (Å²) in [6, 6.07) is 12.1. The highest BCUT2D eigenvalue weighted by atomic mass is 79.9. The first kappa shape index (κ1) is 21.3. The largest absolute Gasteiger partial charge is 0.326 e. The molecule has 1 atom stereocenters. The van der Waals surface area contributed by atoms with E-state index in [2.05, 4.69) is 26.0 Å². The zero-order valence-corrected chi connectivity index (χ0v) is 18.5. The number of rotatable bonds is 6. The third kappa shape index (κ3) is 5.16. The van der Waals surface area contributed by atoms with Crippen molar-refractivity contribution >= 4 is 54.8 Å². The molecule has 2 N–H and O–H groups in total. The molecule has 1 aliphatic rings. The van der Waals surface area contributed by atoms with Gasteiger partial charge in [-0.3, -0.25) is 14.3 Å². The Morgan fingerprint density at radius 2 is 1.83 bits per heavy atom. The molecule has 154 valence electrons. The molecule has 3 rings (SSSR count). The molecule has 2 aromatic carbocycles. The fraction of sp³-hybridized carbons (Fsp3) is 0.300. The molecule has 2 amide bonds. The molecular weight excluding hydrogens is 458 g/mol. The molecule has 1 unspecified atom stereocenters. The van der Waals surface area contributed by atoms with Crippen LogP contribution in [0, 0.1) is 12.8 Å². The first-order valence-corrected chi connectivity index (χ1v) is 11.6. The maximum Gasteiger partial charge on any atom is 0.232 e. The van der Waals surface area contributed by atoms with Crippen molar-refractivity contribution < 1.29 is 18.0 Å². The smallest absolute Gasteiger partial charge is 0.232 e. The van der Waals surface area contributed by atoms with Gasteiger partial charge in [-0.25, -0.2) is 8.42 Å². The van der Waals surface area contributed by atoms with E-state index < -0.39 is 15.9 Å². The number of aryl methyl sites for hydroxylation is 1. The minimum atomic E-state index is -3.35. The molecular formula is C20H22BrN3O4S. The summed E-state index contributed by atoms with van der Waals surface area (Å²) in [5.74, 6) is -0.798. The van der Waals surface area contributed by atoms with Gasteiger partial charge in [-0.1, -0.05) is 15.9 Å². The first-order chi connectivity index (χ1) is 13.7. The summed E-state index contributed by atoms with van der Waals surface area (Å²) in [4.78, 5) is 26.7. The van der Waals surface area contributed by atoms with Gasteiger partial charge in [0.15, 0.2) is 0 Å². The maximum atomic E-state index is 12.6. The second kappa shape index (κ2) is 8.54. The van der Waals surface area contributed by atoms with E-state index in [4.69, 9.17) is 0 Å². The van der Waals surface area contributed by atoms with Gasteiger partial charge in [0.1, 0.15) is 0 Å². The normalized spacial score (nSPS) is 16.7. The van der Waals surface area contributed by atoms with Gasteiger partial charge in [0.05, 0.1) is 11.7 Å². The third-order valence-corrected chi connectivity index (χ3v) is 6.95. The molecule has 1 aliphatic heterocycles. The Balaban J connectivity index is 1.64. The number of carbonyl (C=O) groups is 2. The number of sulfonamides is 1. The maximum absolute atomic E-state index is 12.6. The molecule has 2 aromatic rings. The second-order valence-corrected chi connectivity index (χ2v) is 9.78. The number of carbonyl (C=O) groups excluding carboxylic acids is 2. The van der Waals surface area contributed by atoms with Gasteiger partial charge in [-0.2, -0.15) is 0 Å². The van der Waals surface area contributed by atoms with Crippen LogP contribution in [0.3, 0.4) is 0 Å². The first-order valence-electron chi connectivity index (χ1n) is 9.16.